The molecule has 0 bridgehead atoms. The predicted molar refractivity (Wildman–Crippen MR) is 59.6 cm³/mol. The SMILES string of the molecule is O=C(NCc1cc#cs1)c1ccccc1. The molecule has 1 heterocycles. The van der Waals surface area contributed by atoms with E-state index < -0.39 is 0 Å². The van der Waals surface area contributed by atoms with Gasteiger partial charge in [-0.2, -0.15) is 0 Å². The molecule has 0 saturated heterocycles. The van der Waals surface area contributed by atoms with Crippen molar-refractivity contribution < 1.29 is 4.79 Å². The van der Waals surface area contributed by atoms with Crippen LogP contribution in [0.2, 0.25) is 0 Å². The first kappa shape index (κ1) is 9.75. The van der Waals surface area contributed by atoms with Crippen LogP contribution in [0, 0.1) is 11.4 Å². The average molecular weight is 215 g/mol. The Kier molecular flexibility index (Phi) is 3.01. The van der Waals surface area contributed by atoms with Crippen LogP contribution in [-0.4, -0.2) is 5.91 Å². The molecular weight excluding hydrogens is 206 g/mol. The fourth-order valence-electron chi connectivity index (χ4n) is 1.18. The van der Waals surface area contributed by atoms with Gasteiger partial charge in [-0.05, 0) is 17.5 Å². The molecular formula is C12H9NOS. The molecule has 0 unspecified atom stereocenters. The van der Waals surface area contributed by atoms with Gasteiger partial charge in [-0.3, -0.25) is 4.79 Å². The van der Waals surface area contributed by atoms with Gasteiger partial charge in [0.2, 0.25) is 0 Å². The number of hydrogen-bond donors (Lipinski definition) is 1. The maximum Gasteiger partial charge on any atom is 0.251 e. The van der Waals surface area contributed by atoms with E-state index in [0.29, 0.717) is 12.1 Å². The number of rotatable bonds is 3. The molecule has 1 N–H and O–H groups in total. The van der Waals surface area contributed by atoms with Gasteiger partial charge in [0.05, 0.1) is 6.54 Å². The van der Waals surface area contributed by atoms with E-state index in [1.54, 1.807) is 12.1 Å². The summed E-state index contributed by atoms with van der Waals surface area (Å²) < 4.78 is 0. The second kappa shape index (κ2) is 4.63. The number of benzene rings is 1. The van der Waals surface area contributed by atoms with Crippen LogP contribution < -0.4 is 5.32 Å². The van der Waals surface area contributed by atoms with Gasteiger partial charge in [-0.15, -0.1) is 0 Å². The zero-order valence-electron chi connectivity index (χ0n) is 7.99. The number of amides is 1. The number of nitrogens with one attached hydrogen (secondary N) is 1. The Bertz CT molecular complexity index is 422. The second-order valence-corrected chi connectivity index (χ2v) is 3.94. The molecule has 0 radical (unpaired) electrons. The van der Waals surface area contributed by atoms with Gasteiger partial charge in [-0.1, -0.05) is 35.6 Å². The standard InChI is InChI=1S/C12H9NOS/c14-12(10-5-2-1-3-6-10)13-9-11-7-4-8-15-11/h1-3,5-7H,9H2,(H,13,14). The summed E-state index contributed by atoms with van der Waals surface area (Å²) in [5, 5.41) is 5.69. The monoisotopic (exact) mass is 215 g/mol. The lowest BCUT2D eigenvalue weighted by Crippen LogP contribution is -2.22. The predicted octanol–water partition coefficient (Wildman–Crippen LogP) is 2.28. The van der Waals surface area contributed by atoms with Gasteiger partial charge in [0.15, 0.2) is 0 Å². The van der Waals surface area contributed by atoms with Crippen molar-refractivity contribution >= 4 is 17.2 Å². The van der Waals surface area contributed by atoms with Crippen LogP contribution in [0.5, 0.6) is 0 Å². The summed E-state index contributed by atoms with van der Waals surface area (Å²) in [5.41, 5.74) is 0.682. The molecule has 1 aromatic carbocycles. The highest BCUT2D eigenvalue weighted by Crippen LogP contribution is 2.04. The first-order chi connectivity index (χ1) is 7.36. The van der Waals surface area contributed by atoms with Crippen molar-refractivity contribution in [2.75, 3.05) is 0 Å². The van der Waals surface area contributed by atoms with Gasteiger partial charge in [0.1, 0.15) is 0 Å². The molecule has 3 heteroatoms. The maximum atomic E-state index is 11.6. The Hall–Kier alpha value is -1.79. The van der Waals surface area contributed by atoms with Gasteiger partial charge in [0, 0.05) is 16.5 Å². The quantitative estimate of drug-likeness (QED) is 0.836. The van der Waals surface area contributed by atoms with Gasteiger partial charge in [-0.25, -0.2) is 0 Å². The van der Waals surface area contributed by atoms with E-state index >= 15 is 0 Å². The largest absolute Gasteiger partial charge is 0.347 e. The van der Waals surface area contributed by atoms with Gasteiger partial charge in [0.25, 0.3) is 5.91 Å². The van der Waals surface area contributed by atoms with Crippen LogP contribution in [0.1, 0.15) is 15.2 Å². The maximum absolute atomic E-state index is 11.6. The van der Waals surface area contributed by atoms with E-state index in [9.17, 15) is 4.79 Å². The summed E-state index contributed by atoms with van der Waals surface area (Å²) in [5.74, 6) is -0.0519. The molecule has 15 heavy (non-hydrogen) atoms. The zero-order valence-corrected chi connectivity index (χ0v) is 8.80. The van der Waals surface area contributed by atoms with E-state index in [2.05, 4.69) is 16.8 Å². The molecule has 0 saturated carbocycles. The molecule has 0 aliphatic rings. The van der Waals surface area contributed by atoms with E-state index in [0.717, 1.165) is 4.88 Å². The molecule has 0 fully saturated rings. The molecule has 2 aromatic rings. The summed E-state index contributed by atoms with van der Waals surface area (Å²) in [6.45, 7) is 0.540. The summed E-state index contributed by atoms with van der Waals surface area (Å²) >= 11 is 1.46. The van der Waals surface area contributed by atoms with Crippen LogP contribution in [0.25, 0.3) is 0 Å². The number of carbonyl (C=O) groups is 1. The highest BCUT2D eigenvalue weighted by atomic mass is 32.1. The fourth-order valence-corrected chi connectivity index (χ4v) is 1.69. The van der Waals surface area contributed by atoms with Crippen LogP contribution in [0.15, 0.2) is 36.4 Å². The first-order valence-electron chi connectivity index (χ1n) is 4.56. The first-order valence-corrected chi connectivity index (χ1v) is 5.37. The Balaban J connectivity index is 1.94. The number of hydrogen-bond acceptors (Lipinski definition) is 2. The third kappa shape index (κ3) is 2.58. The summed E-state index contributed by atoms with van der Waals surface area (Å²) in [7, 11) is 0. The molecule has 1 amide bonds. The van der Waals surface area contributed by atoms with Gasteiger partial charge < -0.3 is 5.32 Å². The van der Waals surface area contributed by atoms with E-state index in [1.165, 1.54) is 11.3 Å². The Morgan fingerprint density at radius 2 is 2.13 bits per heavy atom. The van der Waals surface area contributed by atoms with Crippen molar-refractivity contribution in [1.29, 1.82) is 0 Å². The normalized spacial score (nSPS) is 9.33. The van der Waals surface area contributed by atoms with Crippen molar-refractivity contribution in [2.45, 2.75) is 6.54 Å². The van der Waals surface area contributed by atoms with Crippen LogP contribution in [0.3, 0.4) is 0 Å². The van der Waals surface area contributed by atoms with Crippen molar-refractivity contribution in [3.63, 3.8) is 0 Å². The molecule has 2 nitrogen and oxygen atoms in total. The molecule has 1 aromatic heterocycles. The van der Waals surface area contributed by atoms with Crippen molar-refractivity contribution in [3.05, 3.63) is 58.3 Å². The molecule has 0 atom stereocenters. The van der Waals surface area contributed by atoms with Gasteiger partial charge >= 0.3 is 0 Å². The van der Waals surface area contributed by atoms with Crippen molar-refractivity contribution in [2.24, 2.45) is 0 Å². The smallest absolute Gasteiger partial charge is 0.251 e. The lowest BCUT2D eigenvalue weighted by Gasteiger charge is -2.02. The van der Waals surface area contributed by atoms with Crippen molar-refractivity contribution in [3.8, 4) is 0 Å². The summed E-state index contributed by atoms with van der Waals surface area (Å²) in [4.78, 5) is 12.7. The minimum Gasteiger partial charge on any atom is -0.347 e. The van der Waals surface area contributed by atoms with E-state index in [1.807, 2.05) is 24.3 Å². The molecule has 0 aliphatic carbocycles. The highest BCUT2D eigenvalue weighted by Gasteiger charge is 2.03. The van der Waals surface area contributed by atoms with E-state index in [4.69, 9.17) is 0 Å². The third-order valence-electron chi connectivity index (χ3n) is 1.93. The Morgan fingerprint density at radius 3 is 2.80 bits per heavy atom. The van der Waals surface area contributed by atoms with Crippen molar-refractivity contribution in [1.82, 2.24) is 5.32 Å². The summed E-state index contributed by atoms with van der Waals surface area (Å²) in [6, 6.07) is 13.8. The lowest BCUT2D eigenvalue weighted by atomic mass is 10.2. The third-order valence-corrected chi connectivity index (χ3v) is 2.68. The Labute approximate surface area is 92.6 Å². The number of carbonyl (C=O) groups excluding carboxylic acids is 1. The van der Waals surface area contributed by atoms with Crippen LogP contribution >= 0.6 is 11.3 Å². The van der Waals surface area contributed by atoms with Crippen LogP contribution in [0.4, 0.5) is 0 Å². The fraction of sp³-hybridized carbons (Fsp3) is 0.0833. The highest BCUT2D eigenvalue weighted by molar-refractivity contribution is 7.08. The minimum atomic E-state index is -0.0519. The topological polar surface area (TPSA) is 29.1 Å². The Morgan fingerprint density at radius 1 is 1.33 bits per heavy atom. The molecule has 2 rings (SSSR count). The molecule has 0 spiro atoms. The minimum absolute atomic E-state index is 0.0519. The van der Waals surface area contributed by atoms with E-state index in [-0.39, 0.29) is 5.91 Å². The zero-order chi connectivity index (χ0) is 10.5. The molecule has 74 valence electrons. The average Bonchev–Trinajstić information content (AvgIpc) is 2.80. The van der Waals surface area contributed by atoms with Crippen LogP contribution in [-0.2, 0) is 6.54 Å². The second-order valence-electron chi connectivity index (χ2n) is 3.01. The lowest BCUT2D eigenvalue weighted by molar-refractivity contribution is 0.0951. The molecule has 0 aliphatic heterocycles. The summed E-state index contributed by atoms with van der Waals surface area (Å²) in [6.07, 6.45) is 0.